The van der Waals surface area contributed by atoms with Crippen LogP contribution in [0.4, 0.5) is 11.4 Å². The van der Waals surface area contributed by atoms with Gasteiger partial charge in [-0.2, -0.15) is 0 Å². The maximum atomic E-state index is 11.4. The largest absolute Gasteiger partial charge is 0.399 e. The fourth-order valence-corrected chi connectivity index (χ4v) is 2.14. The number of aliphatic hydroxyl groups is 1. The van der Waals surface area contributed by atoms with Crippen LogP contribution in [0.5, 0.6) is 0 Å². The zero-order valence-corrected chi connectivity index (χ0v) is 9.24. The van der Waals surface area contributed by atoms with Crippen molar-refractivity contribution < 1.29 is 13.5 Å². The smallest absolute Gasteiger partial charge is 0.232 e. The molecule has 1 aromatic carbocycles. The van der Waals surface area contributed by atoms with Crippen molar-refractivity contribution in [2.45, 2.75) is 0 Å². The van der Waals surface area contributed by atoms with Crippen molar-refractivity contribution in [2.24, 2.45) is 0 Å². The van der Waals surface area contributed by atoms with E-state index in [1.165, 1.54) is 0 Å². The summed E-state index contributed by atoms with van der Waals surface area (Å²) in [7, 11) is -3.36. The summed E-state index contributed by atoms with van der Waals surface area (Å²) in [5.41, 5.74) is 6.56. The Hall–Kier alpha value is -1.27. The summed E-state index contributed by atoms with van der Waals surface area (Å²) in [6.07, 6.45) is 1.10. The van der Waals surface area contributed by atoms with Crippen molar-refractivity contribution in [3.63, 3.8) is 0 Å². The molecule has 0 saturated carbocycles. The van der Waals surface area contributed by atoms with E-state index >= 15 is 0 Å². The molecule has 15 heavy (non-hydrogen) atoms. The lowest BCUT2D eigenvalue weighted by Crippen LogP contribution is -2.32. The Balaban J connectivity index is 3.05. The minimum absolute atomic E-state index is 0.0444. The summed E-state index contributed by atoms with van der Waals surface area (Å²) >= 11 is 0. The van der Waals surface area contributed by atoms with Crippen LogP contribution < -0.4 is 10.0 Å². The molecular weight excluding hydrogens is 216 g/mol. The molecule has 1 aromatic rings. The fraction of sp³-hybridized carbons (Fsp3) is 0.333. The second-order valence-corrected chi connectivity index (χ2v) is 5.06. The van der Waals surface area contributed by atoms with Crippen molar-refractivity contribution in [1.29, 1.82) is 0 Å². The number of nitrogens with zero attached hydrogens (tertiary/aromatic N) is 1. The van der Waals surface area contributed by atoms with E-state index in [1.54, 1.807) is 24.3 Å². The minimum Gasteiger partial charge on any atom is -0.399 e. The lowest BCUT2D eigenvalue weighted by atomic mass is 10.3. The Labute approximate surface area is 89.2 Å². The molecule has 0 aliphatic rings. The van der Waals surface area contributed by atoms with Crippen LogP contribution in [0.15, 0.2) is 24.3 Å². The molecule has 0 aromatic heterocycles. The van der Waals surface area contributed by atoms with E-state index in [9.17, 15) is 8.42 Å². The van der Waals surface area contributed by atoms with Crippen molar-refractivity contribution in [2.75, 3.05) is 29.4 Å². The quantitative estimate of drug-likeness (QED) is 0.715. The van der Waals surface area contributed by atoms with Gasteiger partial charge in [0.2, 0.25) is 10.0 Å². The Kier molecular flexibility index (Phi) is 3.54. The van der Waals surface area contributed by atoms with Crippen molar-refractivity contribution >= 4 is 21.4 Å². The molecule has 0 radical (unpaired) electrons. The first-order valence-corrected chi connectivity index (χ1v) is 6.24. The molecule has 0 heterocycles. The molecule has 6 heteroatoms. The number of rotatable bonds is 4. The third-order valence-electron chi connectivity index (χ3n) is 1.88. The van der Waals surface area contributed by atoms with Gasteiger partial charge in [-0.15, -0.1) is 0 Å². The normalized spacial score (nSPS) is 11.3. The van der Waals surface area contributed by atoms with Gasteiger partial charge in [0.1, 0.15) is 0 Å². The van der Waals surface area contributed by atoms with E-state index in [-0.39, 0.29) is 13.2 Å². The predicted molar refractivity (Wildman–Crippen MR) is 60.1 cm³/mol. The predicted octanol–water partition coefficient (Wildman–Crippen LogP) is 0.0271. The van der Waals surface area contributed by atoms with E-state index in [0.29, 0.717) is 11.4 Å². The number of benzene rings is 1. The van der Waals surface area contributed by atoms with Crippen molar-refractivity contribution in [1.82, 2.24) is 0 Å². The second-order valence-electron chi connectivity index (χ2n) is 3.15. The maximum Gasteiger partial charge on any atom is 0.232 e. The number of sulfonamides is 1. The average Bonchev–Trinajstić information content (AvgIpc) is 2.14. The Morgan fingerprint density at radius 3 is 2.27 bits per heavy atom. The van der Waals surface area contributed by atoms with E-state index in [2.05, 4.69) is 0 Å². The van der Waals surface area contributed by atoms with Gasteiger partial charge in [-0.05, 0) is 24.3 Å². The molecule has 0 atom stereocenters. The SMILES string of the molecule is CS(=O)(=O)N(CCO)c1ccc(N)cc1. The highest BCUT2D eigenvalue weighted by molar-refractivity contribution is 7.92. The van der Waals surface area contributed by atoms with Crippen molar-refractivity contribution in [3.8, 4) is 0 Å². The van der Waals surface area contributed by atoms with E-state index in [4.69, 9.17) is 10.8 Å². The number of hydrogen-bond donors (Lipinski definition) is 2. The highest BCUT2D eigenvalue weighted by atomic mass is 32.2. The molecule has 0 spiro atoms. The average molecular weight is 230 g/mol. The van der Waals surface area contributed by atoms with Crippen LogP contribution in [0.25, 0.3) is 0 Å². The maximum absolute atomic E-state index is 11.4. The van der Waals surface area contributed by atoms with E-state index in [0.717, 1.165) is 10.6 Å². The van der Waals surface area contributed by atoms with Gasteiger partial charge in [-0.1, -0.05) is 0 Å². The number of nitrogen functional groups attached to an aromatic ring is 1. The first-order chi connectivity index (χ1) is 6.95. The first-order valence-electron chi connectivity index (χ1n) is 4.39. The zero-order valence-electron chi connectivity index (χ0n) is 8.42. The van der Waals surface area contributed by atoms with Gasteiger partial charge in [-0.3, -0.25) is 4.31 Å². The highest BCUT2D eigenvalue weighted by Crippen LogP contribution is 2.18. The van der Waals surface area contributed by atoms with Crippen LogP contribution in [0, 0.1) is 0 Å². The molecule has 3 N–H and O–H groups in total. The Bertz CT molecular complexity index is 413. The highest BCUT2D eigenvalue weighted by Gasteiger charge is 2.15. The summed E-state index contributed by atoms with van der Waals surface area (Å²) in [4.78, 5) is 0. The van der Waals surface area contributed by atoms with Gasteiger partial charge >= 0.3 is 0 Å². The molecule has 84 valence electrons. The molecular formula is C9H14N2O3S. The fourth-order valence-electron chi connectivity index (χ4n) is 1.22. The van der Waals surface area contributed by atoms with Gasteiger partial charge in [0, 0.05) is 5.69 Å². The molecule has 0 unspecified atom stereocenters. The summed E-state index contributed by atoms with van der Waals surface area (Å²) in [6.45, 7) is -0.180. The standard InChI is InChI=1S/C9H14N2O3S/c1-15(13,14)11(6-7-12)9-4-2-8(10)3-5-9/h2-5,12H,6-7,10H2,1H3. The van der Waals surface area contributed by atoms with E-state index < -0.39 is 10.0 Å². The summed E-state index contributed by atoms with van der Waals surface area (Å²) in [5, 5.41) is 8.79. The lowest BCUT2D eigenvalue weighted by molar-refractivity contribution is 0.307. The Morgan fingerprint density at radius 2 is 1.87 bits per heavy atom. The van der Waals surface area contributed by atoms with Gasteiger partial charge in [-0.25, -0.2) is 8.42 Å². The van der Waals surface area contributed by atoms with Crippen LogP contribution in [0.2, 0.25) is 0 Å². The van der Waals surface area contributed by atoms with Crippen LogP contribution in [-0.2, 0) is 10.0 Å². The molecule has 0 bridgehead atoms. The number of aliphatic hydroxyl groups excluding tert-OH is 1. The van der Waals surface area contributed by atoms with Gasteiger partial charge in [0.15, 0.2) is 0 Å². The third-order valence-corrected chi connectivity index (χ3v) is 3.08. The molecule has 5 nitrogen and oxygen atoms in total. The first kappa shape index (κ1) is 11.8. The second kappa shape index (κ2) is 4.50. The van der Waals surface area contributed by atoms with Crippen molar-refractivity contribution in [3.05, 3.63) is 24.3 Å². The Morgan fingerprint density at radius 1 is 1.33 bits per heavy atom. The van der Waals surface area contributed by atoms with Crippen LogP contribution >= 0.6 is 0 Å². The summed E-state index contributed by atoms with van der Waals surface area (Å²) < 4.78 is 23.9. The third kappa shape index (κ3) is 3.10. The summed E-state index contributed by atoms with van der Waals surface area (Å²) in [6, 6.07) is 6.44. The van der Waals surface area contributed by atoms with Crippen LogP contribution in [0.1, 0.15) is 0 Å². The van der Waals surface area contributed by atoms with Crippen LogP contribution in [-0.4, -0.2) is 32.9 Å². The van der Waals surface area contributed by atoms with Gasteiger partial charge in [0.05, 0.1) is 25.1 Å². The van der Waals surface area contributed by atoms with Gasteiger partial charge in [0.25, 0.3) is 0 Å². The summed E-state index contributed by atoms with van der Waals surface area (Å²) in [5.74, 6) is 0. The van der Waals surface area contributed by atoms with Crippen LogP contribution in [0.3, 0.4) is 0 Å². The number of hydrogen-bond acceptors (Lipinski definition) is 4. The monoisotopic (exact) mass is 230 g/mol. The molecule has 0 aliphatic carbocycles. The molecule has 0 fully saturated rings. The molecule has 0 saturated heterocycles. The van der Waals surface area contributed by atoms with E-state index in [1.807, 2.05) is 0 Å². The number of anilines is 2. The number of nitrogens with two attached hydrogens (primary N) is 1. The topological polar surface area (TPSA) is 83.6 Å². The molecule has 0 amide bonds. The van der Waals surface area contributed by atoms with Gasteiger partial charge < -0.3 is 10.8 Å². The zero-order chi connectivity index (χ0) is 11.5. The lowest BCUT2D eigenvalue weighted by Gasteiger charge is -2.21. The molecule has 0 aliphatic heterocycles. The minimum atomic E-state index is -3.36. The molecule has 1 rings (SSSR count).